The summed E-state index contributed by atoms with van der Waals surface area (Å²) >= 11 is 0. The van der Waals surface area contributed by atoms with Gasteiger partial charge in [-0.1, -0.05) is 6.07 Å². The molecule has 1 amide bonds. The lowest BCUT2D eigenvalue weighted by molar-refractivity contribution is 0.0835. The van der Waals surface area contributed by atoms with Crippen molar-refractivity contribution in [2.75, 3.05) is 18.1 Å². The highest BCUT2D eigenvalue weighted by molar-refractivity contribution is 6.13. The molecule has 32 heavy (non-hydrogen) atoms. The van der Waals surface area contributed by atoms with Gasteiger partial charge < -0.3 is 9.72 Å². The van der Waals surface area contributed by atoms with Crippen LogP contribution < -0.4 is 10.5 Å². The number of nitrogens with one attached hydrogen (secondary N) is 1. The predicted molar refractivity (Wildman–Crippen MR) is 118 cm³/mol. The number of aryl methyl sites for hydroxylation is 1. The van der Waals surface area contributed by atoms with Gasteiger partial charge in [-0.05, 0) is 49.1 Å². The Labute approximate surface area is 182 Å². The second-order valence-electron chi connectivity index (χ2n) is 8.92. The number of rotatable bonds is 1. The molecule has 0 spiro atoms. The van der Waals surface area contributed by atoms with Gasteiger partial charge >= 0.3 is 0 Å². The van der Waals surface area contributed by atoms with Gasteiger partial charge in [0, 0.05) is 37.3 Å². The zero-order valence-corrected chi connectivity index (χ0v) is 17.6. The number of ether oxygens (including phenoxy) is 1. The zero-order chi connectivity index (χ0) is 21.6. The number of nitrogens with zero attached hydrogens (tertiary/aromatic N) is 4. The lowest BCUT2D eigenvalue weighted by Gasteiger charge is -2.21. The molecule has 0 saturated carbocycles. The third-order valence-corrected chi connectivity index (χ3v) is 7.16. The van der Waals surface area contributed by atoms with Crippen LogP contribution in [0.2, 0.25) is 0 Å². The number of hydrogen-bond acceptors (Lipinski definition) is 5. The van der Waals surface area contributed by atoms with Crippen LogP contribution in [0.25, 0.3) is 16.6 Å². The standard InChI is InChI=1S/C24H21N5O3/c1-12-20-23(30)27-17-10-16-15(18-9-14-3-2-6-25-21(14)29(18)24(16)31)11-19(17)28(20)22(26-12)13-4-7-32-8-5-13/h2-3,6,10-11,13,18H,4-5,7-9H2,1H3,(H,27,30). The van der Waals surface area contributed by atoms with Gasteiger partial charge in [0.25, 0.3) is 11.5 Å². The van der Waals surface area contributed by atoms with E-state index in [2.05, 4.69) is 16.0 Å². The Balaban J connectivity index is 1.50. The summed E-state index contributed by atoms with van der Waals surface area (Å²) in [6.45, 7) is 3.29. The largest absolute Gasteiger partial charge is 0.381 e. The third kappa shape index (κ3) is 2.25. The van der Waals surface area contributed by atoms with Gasteiger partial charge in [0.1, 0.15) is 17.2 Å². The van der Waals surface area contributed by atoms with E-state index in [-0.39, 0.29) is 23.4 Å². The Bertz CT molecular complexity index is 1510. The number of anilines is 1. The minimum atomic E-state index is -0.182. The normalized spacial score (nSPS) is 20.2. The first kappa shape index (κ1) is 18.1. The number of hydrogen-bond donors (Lipinski definition) is 1. The molecule has 8 nitrogen and oxygen atoms in total. The monoisotopic (exact) mass is 427 g/mol. The van der Waals surface area contributed by atoms with E-state index in [4.69, 9.17) is 9.72 Å². The molecule has 8 heteroatoms. The van der Waals surface area contributed by atoms with Crippen molar-refractivity contribution in [1.82, 2.24) is 19.4 Å². The molecule has 1 atom stereocenters. The van der Waals surface area contributed by atoms with Crippen LogP contribution in [-0.4, -0.2) is 38.5 Å². The summed E-state index contributed by atoms with van der Waals surface area (Å²) in [6.07, 6.45) is 4.24. The summed E-state index contributed by atoms with van der Waals surface area (Å²) in [4.78, 5) is 40.4. The first-order valence-electron chi connectivity index (χ1n) is 11.1. The Morgan fingerprint density at radius 1 is 1.19 bits per heavy atom. The van der Waals surface area contributed by atoms with Crippen LogP contribution in [0.3, 0.4) is 0 Å². The summed E-state index contributed by atoms with van der Waals surface area (Å²) in [7, 11) is 0. The second kappa shape index (κ2) is 6.26. The van der Waals surface area contributed by atoms with Gasteiger partial charge in [0.15, 0.2) is 0 Å². The minimum absolute atomic E-state index is 0.0586. The second-order valence-corrected chi connectivity index (χ2v) is 8.92. The Hall–Kier alpha value is -3.52. The number of imidazole rings is 1. The number of aromatic amines is 1. The molecule has 3 aromatic heterocycles. The molecule has 1 fully saturated rings. The number of carbonyl (C=O) groups is 1. The minimum Gasteiger partial charge on any atom is -0.381 e. The van der Waals surface area contributed by atoms with Crippen LogP contribution in [-0.2, 0) is 11.2 Å². The van der Waals surface area contributed by atoms with Gasteiger partial charge in [-0.25, -0.2) is 9.97 Å². The summed E-state index contributed by atoms with van der Waals surface area (Å²) in [5.41, 5.74) is 5.38. The fourth-order valence-electron chi connectivity index (χ4n) is 5.69. The van der Waals surface area contributed by atoms with Crippen molar-refractivity contribution >= 4 is 28.3 Å². The maximum Gasteiger partial charge on any atom is 0.274 e. The number of fused-ring (bicyclic) bond motifs is 8. The maximum atomic E-state index is 13.3. The molecule has 1 saturated heterocycles. The number of pyridine rings is 1. The van der Waals surface area contributed by atoms with Crippen LogP contribution in [0.4, 0.5) is 5.82 Å². The lowest BCUT2D eigenvalue weighted by Crippen LogP contribution is -2.24. The molecule has 1 aromatic carbocycles. The third-order valence-electron chi connectivity index (χ3n) is 7.16. The molecule has 1 unspecified atom stereocenters. The zero-order valence-electron chi connectivity index (χ0n) is 17.6. The molecule has 0 radical (unpaired) electrons. The first-order chi connectivity index (χ1) is 15.6. The fraction of sp³-hybridized carbons (Fsp3) is 0.333. The van der Waals surface area contributed by atoms with E-state index in [0.717, 1.165) is 53.2 Å². The van der Waals surface area contributed by atoms with Crippen molar-refractivity contribution in [3.63, 3.8) is 0 Å². The van der Waals surface area contributed by atoms with Crippen molar-refractivity contribution in [3.05, 3.63) is 69.0 Å². The first-order valence-corrected chi connectivity index (χ1v) is 11.1. The highest BCUT2D eigenvalue weighted by atomic mass is 16.5. The Morgan fingerprint density at radius 2 is 2.03 bits per heavy atom. The summed E-state index contributed by atoms with van der Waals surface area (Å²) in [5.74, 6) is 1.83. The molecule has 3 aliphatic heterocycles. The fourth-order valence-corrected chi connectivity index (χ4v) is 5.69. The molecular weight excluding hydrogens is 406 g/mol. The summed E-state index contributed by atoms with van der Waals surface area (Å²) in [5, 5.41) is 0. The SMILES string of the molecule is Cc1nc(C2CCOCC2)n2c1c(=O)[nH]c1cc3c(cc12)C1Cc2cccnc2N1C3=O. The van der Waals surface area contributed by atoms with E-state index in [1.165, 1.54) is 0 Å². The van der Waals surface area contributed by atoms with Crippen molar-refractivity contribution in [1.29, 1.82) is 0 Å². The Kier molecular flexibility index (Phi) is 3.54. The average Bonchev–Trinajstić information content (AvgIpc) is 3.44. The highest BCUT2D eigenvalue weighted by Gasteiger charge is 2.44. The number of carbonyl (C=O) groups excluding carboxylic acids is 1. The van der Waals surface area contributed by atoms with E-state index >= 15 is 0 Å². The van der Waals surface area contributed by atoms with Gasteiger partial charge in [-0.3, -0.25) is 18.9 Å². The van der Waals surface area contributed by atoms with Crippen LogP contribution >= 0.6 is 0 Å². The molecule has 0 aliphatic carbocycles. The van der Waals surface area contributed by atoms with E-state index in [9.17, 15) is 9.59 Å². The lowest BCUT2D eigenvalue weighted by atomic mass is 9.98. The maximum absolute atomic E-state index is 13.3. The van der Waals surface area contributed by atoms with Crippen molar-refractivity contribution < 1.29 is 9.53 Å². The molecule has 160 valence electrons. The van der Waals surface area contributed by atoms with E-state index < -0.39 is 0 Å². The molecule has 6 heterocycles. The molecular formula is C24H21N5O3. The van der Waals surface area contributed by atoms with E-state index in [0.29, 0.717) is 29.8 Å². The van der Waals surface area contributed by atoms with Crippen LogP contribution in [0.1, 0.15) is 57.8 Å². The van der Waals surface area contributed by atoms with Crippen LogP contribution in [0.15, 0.2) is 35.3 Å². The van der Waals surface area contributed by atoms with Crippen molar-refractivity contribution in [2.45, 2.75) is 38.1 Å². The van der Waals surface area contributed by atoms with Crippen LogP contribution in [0, 0.1) is 6.92 Å². The van der Waals surface area contributed by atoms with Gasteiger partial charge in [0.2, 0.25) is 0 Å². The van der Waals surface area contributed by atoms with E-state index in [1.807, 2.05) is 29.5 Å². The smallest absolute Gasteiger partial charge is 0.274 e. The molecule has 4 aromatic rings. The number of amides is 1. The number of H-pyrrole nitrogens is 1. The molecule has 1 N–H and O–H groups in total. The Morgan fingerprint density at radius 3 is 2.88 bits per heavy atom. The van der Waals surface area contributed by atoms with Crippen molar-refractivity contribution in [2.24, 2.45) is 0 Å². The number of aromatic nitrogens is 4. The molecule has 7 rings (SSSR count). The van der Waals surface area contributed by atoms with Gasteiger partial charge in [-0.2, -0.15) is 0 Å². The molecule has 0 bridgehead atoms. The molecule has 3 aliphatic rings. The van der Waals surface area contributed by atoms with Crippen LogP contribution in [0.5, 0.6) is 0 Å². The van der Waals surface area contributed by atoms with Gasteiger partial charge in [-0.15, -0.1) is 0 Å². The van der Waals surface area contributed by atoms with Crippen molar-refractivity contribution in [3.8, 4) is 0 Å². The average molecular weight is 427 g/mol. The quantitative estimate of drug-likeness (QED) is 0.504. The summed E-state index contributed by atoms with van der Waals surface area (Å²) < 4.78 is 7.57. The number of benzene rings is 1. The van der Waals surface area contributed by atoms with Gasteiger partial charge in [0.05, 0.1) is 22.8 Å². The topological polar surface area (TPSA) is 92.6 Å². The highest BCUT2D eigenvalue weighted by Crippen LogP contribution is 2.46. The summed E-state index contributed by atoms with van der Waals surface area (Å²) in [6, 6.07) is 7.79. The predicted octanol–water partition coefficient (Wildman–Crippen LogP) is 3.03. The van der Waals surface area contributed by atoms with E-state index in [1.54, 1.807) is 11.1 Å².